The van der Waals surface area contributed by atoms with Crippen LogP contribution in [0.25, 0.3) is 0 Å². The van der Waals surface area contributed by atoms with E-state index in [-0.39, 0.29) is 0 Å². The maximum absolute atomic E-state index is 8.59. The van der Waals surface area contributed by atoms with Gasteiger partial charge in [-0.3, -0.25) is 4.68 Å². The van der Waals surface area contributed by atoms with Crippen LogP contribution in [0, 0.1) is 25.2 Å². The molecule has 0 amide bonds. The number of benzene rings is 1. The summed E-state index contributed by atoms with van der Waals surface area (Å²) in [6, 6.07) is 11.8. The highest BCUT2D eigenvalue weighted by Gasteiger charge is 2.01. The smallest absolute Gasteiger partial charge is 0.119 e. The molecule has 0 aliphatic carbocycles. The summed E-state index contributed by atoms with van der Waals surface area (Å²) < 4.78 is 7.61. The van der Waals surface area contributed by atoms with Crippen LogP contribution < -0.4 is 4.74 Å². The third-order valence-corrected chi connectivity index (χ3v) is 2.88. The Morgan fingerprint density at radius 1 is 1.26 bits per heavy atom. The molecule has 98 valence electrons. The Balaban J connectivity index is 1.86. The third kappa shape index (κ3) is 3.59. The summed E-state index contributed by atoms with van der Waals surface area (Å²) in [5.74, 6) is 0.822. The van der Waals surface area contributed by atoms with Gasteiger partial charge in [0.05, 0.1) is 24.7 Å². The molecule has 0 spiro atoms. The second-order valence-electron chi connectivity index (χ2n) is 4.48. The van der Waals surface area contributed by atoms with Crippen LogP contribution in [0.3, 0.4) is 0 Å². The largest absolute Gasteiger partial charge is 0.492 e. The predicted molar refractivity (Wildman–Crippen MR) is 73.0 cm³/mol. The summed E-state index contributed by atoms with van der Waals surface area (Å²) in [6.45, 7) is 5.34. The topological polar surface area (TPSA) is 50.8 Å². The standard InChI is InChI=1S/C15H17N3O/c1-12-11-13(2)18(17-12)9-10-19-15-5-3-14(4-6-15)7-8-16/h3-6,11H,7,9-10H2,1-2H3. The molecule has 4 nitrogen and oxygen atoms in total. The van der Waals surface area contributed by atoms with Gasteiger partial charge in [0.15, 0.2) is 0 Å². The fraction of sp³-hybridized carbons (Fsp3) is 0.333. The SMILES string of the molecule is Cc1cc(C)n(CCOc2ccc(CC#N)cc2)n1. The summed E-state index contributed by atoms with van der Waals surface area (Å²) in [5, 5.41) is 13.0. The van der Waals surface area contributed by atoms with Crippen LogP contribution in [-0.4, -0.2) is 16.4 Å². The maximum atomic E-state index is 8.59. The van der Waals surface area contributed by atoms with E-state index >= 15 is 0 Å². The Kier molecular flexibility index (Phi) is 4.19. The molecule has 0 radical (unpaired) electrons. The predicted octanol–water partition coefficient (Wildman–Crippen LogP) is 2.65. The van der Waals surface area contributed by atoms with Crippen molar-refractivity contribution in [3.05, 3.63) is 47.3 Å². The van der Waals surface area contributed by atoms with Gasteiger partial charge in [-0.15, -0.1) is 0 Å². The van der Waals surface area contributed by atoms with Gasteiger partial charge in [0.1, 0.15) is 12.4 Å². The monoisotopic (exact) mass is 255 g/mol. The van der Waals surface area contributed by atoms with Crippen molar-refractivity contribution in [1.82, 2.24) is 9.78 Å². The molecule has 0 aliphatic heterocycles. The lowest BCUT2D eigenvalue weighted by Gasteiger charge is -2.08. The van der Waals surface area contributed by atoms with E-state index in [9.17, 15) is 0 Å². The van der Waals surface area contributed by atoms with E-state index < -0.39 is 0 Å². The van der Waals surface area contributed by atoms with Gasteiger partial charge < -0.3 is 4.74 Å². The van der Waals surface area contributed by atoms with Crippen molar-refractivity contribution in [1.29, 1.82) is 5.26 Å². The van der Waals surface area contributed by atoms with E-state index in [0.717, 1.165) is 29.2 Å². The quantitative estimate of drug-likeness (QED) is 0.825. The molecule has 0 saturated carbocycles. The van der Waals surface area contributed by atoms with Crippen molar-refractivity contribution >= 4 is 0 Å². The van der Waals surface area contributed by atoms with E-state index in [1.54, 1.807) is 0 Å². The molecule has 0 atom stereocenters. The lowest BCUT2D eigenvalue weighted by Crippen LogP contribution is -2.10. The first kappa shape index (κ1) is 13.2. The minimum Gasteiger partial charge on any atom is -0.492 e. The van der Waals surface area contributed by atoms with Crippen LogP contribution in [-0.2, 0) is 13.0 Å². The highest BCUT2D eigenvalue weighted by Crippen LogP contribution is 2.12. The molecule has 19 heavy (non-hydrogen) atoms. The molecule has 0 N–H and O–H groups in total. The summed E-state index contributed by atoms with van der Waals surface area (Å²) in [6.07, 6.45) is 0.437. The van der Waals surface area contributed by atoms with Gasteiger partial charge in [0, 0.05) is 5.69 Å². The average Bonchev–Trinajstić information content (AvgIpc) is 2.71. The number of ether oxygens (including phenoxy) is 1. The first-order chi connectivity index (χ1) is 9.19. The zero-order chi connectivity index (χ0) is 13.7. The molecule has 2 rings (SSSR count). The number of aryl methyl sites for hydroxylation is 2. The molecular weight excluding hydrogens is 238 g/mol. The van der Waals surface area contributed by atoms with Crippen LogP contribution in [0.2, 0.25) is 0 Å². The van der Waals surface area contributed by atoms with Gasteiger partial charge in [0.25, 0.3) is 0 Å². The van der Waals surface area contributed by atoms with Crippen molar-refractivity contribution in [2.24, 2.45) is 0 Å². The molecule has 4 heteroatoms. The molecule has 0 bridgehead atoms. The normalized spacial score (nSPS) is 10.2. The zero-order valence-electron chi connectivity index (χ0n) is 11.3. The van der Waals surface area contributed by atoms with Gasteiger partial charge >= 0.3 is 0 Å². The molecule has 0 saturated heterocycles. The minimum atomic E-state index is 0.437. The summed E-state index contributed by atoms with van der Waals surface area (Å²) >= 11 is 0. The van der Waals surface area contributed by atoms with Crippen LogP contribution in [0.4, 0.5) is 0 Å². The molecule has 2 aromatic rings. The van der Waals surface area contributed by atoms with Crippen molar-refractivity contribution in [3.8, 4) is 11.8 Å². The maximum Gasteiger partial charge on any atom is 0.119 e. The average molecular weight is 255 g/mol. The van der Waals surface area contributed by atoms with Crippen molar-refractivity contribution in [3.63, 3.8) is 0 Å². The molecule has 0 unspecified atom stereocenters. The Labute approximate surface area is 113 Å². The van der Waals surface area contributed by atoms with Crippen molar-refractivity contribution in [2.45, 2.75) is 26.8 Å². The van der Waals surface area contributed by atoms with Crippen LogP contribution in [0.1, 0.15) is 17.0 Å². The van der Waals surface area contributed by atoms with Gasteiger partial charge in [-0.1, -0.05) is 12.1 Å². The fourth-order valence-corrected chi connectivity index (χ4v) is 1.95. The Hall–Kier alpha value is -2.28. The van der Waals surface area contributed by atoms with E-state index in [1.807, 2.05) is 42.8 Å². The van der Waals surface area contributed by atoms with Crippen molar-refractivity contribution < 1.29 is 4.74 Å². The molecule has 1 aromatic carbocycles. The highest BCUT2D eigenvalue weighted by molar-refractivity contribution is 5.28. The van der Waals surface area contributed by atoms with Crippen molar-refractivity contribution in [2.75, 3.05) is 6.61 Å². The number of rotatable bonds is 5. The van der Waals surface area contributed by atoms with E-state index in [4.69, 9.17) is 10.00 Å². The summed E-state index contributed by atoms with van der Waals surface area (Å²) in [7, 11) is 0. The van der Waals surface area contributed by atoms with Gasteiger partial charge in [-0.05, 0) is 37.6 Å². The first-order valence-electron chi connectivity index (χ1n) is 6.29. The van der Waals surface area contributed by atoms with Crippen LogP contribution in [0.5, 0.6) is 5.75 Å². The van der Waals surface area contributed by atoms with Gasteiger partial charge in [-0.2, -0.15) is 10.4 Å². The molecular formula is C15H17N3O. The second-order valence-corrected chi connectivity index (χ2v) is 4.48. The summed E-state index contributed by atoms with van der Waals surface area (Å²) in [4.78, 5) is 0. The molecule has 0 aliphatic rings. The summed E-state index contributed by atoms with van der Waals surface area (Å²) in [5.41, 5.74) is 3.18. The lowest BCUT2D eigenvalue weighted by molar-refractivity contribution is 0.289. The zero-order valence-corrected chi connectivity index (χ0v) is 11.3. The lowest BCUT2D eigenvalue weighted by atomic mass is 10.2. The number of hydrogen-bond acceptors (Lipinski definition) is 3. The van der Waals surface area contributed by atoms with E-state index in [1.165, 1.54) is 0 Å². The Morgan fingerprint density at radius 2 is 2.00 bits per heavy atom. The number of aromatic nitrogens is 2. The number of hydrogen-bond donors (Lipinski definition) is 0. The van der Waals surface area contributed by atoms with Crippen LogP contribution >= 0.6 is 0 Å². The fourth-order valence-electron chi connectivity index (χ4n) is 1.95. The Morgan fingerprint density at radius 3 is 2.58 bits per heavy atom. The number of nitriles is 1. The van der Waals surface area contributed by atoms with Crippen LogP contribution in [0.15, 0.2) is 30.3 Å². The minimum absolute atomic E-state index is 0.437. The van der Waals surface area contributed by atoms with Gasteiger partial charge in [-0.25, -0.2) is 0 Å². The number of nitrogens with zero attached hydrogens (tertiary/aromatic N) is 3. The van der Waals surface area contributed by atoms with E-state index in [0.29, 0.717) is 13.0 Å². The Bertz CT molecular complexity index is 578. The molecule has 1 aromatic heterocycles. The highest BCUT2D eigenvalue weighted by atomic mass is 16.5. The molecule has 1 heterocycles. The first-order valence-corrected chi connectivity index (χ1v) is 6.29. The third-order valence-electron chi connectivity index (χ3n) is 2.88. The molecule has 0 fully saturated rings. The van der Waals surface area contributed by atoms with Gasteiger partial charge in [0.2, 0.25) is 0 Å². The second kappa shape index (κ2) is 6.05. The van der Waals surface area contributed by atoms with E-state index in [2.05, 4.69) is 17.2 Å².